The van der Waals surface area contributed by atoms with Crippen molar-refractivity contribution in [2.75, 3.05) is 5.32 Å². The standard InChI is InChI=1S/C12H12ClN3O/c1-8-3-4-10(13)5-11(8)15-12(17)9-6-14-16(2)7-9/h3-7H,1-2H3,(H,15,17). The highest BCUT2D eigenvalue weighted by atomic mass is 35.5. The van der Waals surface area contributed by atoms with Gasteiger partial charge in [-0.3, -0.25) is 9.48 Å². The Bertz CT molecular complexity index is 563. The molecule has 0 fully saturated rings. The maximum atomic E-state index is 11.9. The number of carbonyl (C=O) groups is 1. The van der Waals surface area contributed by atoms with Crippen LogP contribution in [0.5, 0.6) is 0 Å². The van der Waals surface area contributed by atoms with Crippen molar-refractivity contribution >= 4 is 23.2 Å². The van der Waals surface area contributed by atoms with Crippen LogP contribution in [-0.2, 0) is 7.05 Å². The molecule has 0 radical (unpaired) electrons. The van der Waals surface area contributed by atoms with Gasteiger partial charge < -0.3 is 5.32 Å². The molecule has 0 aliphatic carbocycles. The van der Waals surface area contributed by atoms with Gasteiger partial charge in [0.1, 0.15) is 0 Å². The Morgan fingerprint density at radius 2 is 2.24 bits per heavy atom. The molecule has 0 spiro atoms. The third-order valence-electron chi connectivity index (χ3n) is 2.41. The average molecular weight is 250 g/mol. The summed E-state index contributed by atoms with van der Waals surface area (Å²) < 4.78 is 1.58. The molecule has 2 aromatic rings. The Balaban J connectivity index is 2.21. The Morgan fingerprint density at radius 3 is 2.88 bits per heavy atom. The highest BCUT2D eigenvalue weighted by molar-refractivity contribution is 6.31. The first-order chi connectivity index (χ1) is 8.06. The van der Waals surface area contributed by atoms with Crippen molar-refractivity contribution in [2.45, 2.75) is 6.92 Å². The lowest BCUT2D eigenvalue weighted by atomic mass is 10.2. The van der Waals surface area contributed by atoms with Crippen LogP contribution in [0.1, 0.15) is 15.9 Å². The Kier molecular flexibility index (Phi) is 3.15. The molecule has 0 saturated heterocycles. The third-order valence-corrected chi connectivity index (χ3v) is 2.65. The normalized spacial score (nSPS) is 10.3. The maximum absolute atomic E-state index is 11.9. The first kappa shape index (κ1) is 11.7. The van der Waals surface area contributed by atoms with Crippen molar-refractivity contribution in [2.24, 2.45) is 7.05 Å². The minimum absolute atomic E-state index is 0.191. The minimum atomic E-state index is -0.191. The average Bonchev–Trinajstić information content (AvgIpc) is 2.70. The van der Waals surface area contributed by atoms with Crippen LogP contribution in [0.3, 0.4) is 0 Å². The molecule has 0 unspecified atom stereocenters. The first-order valence-electron chi connectivity index (χ1n) is 5.12. The van der Waals surface area contributed by atoms with Crippen LogP contribution in [-0.4, -0.2) is 15.7 Å². The summed E-state index contributed by atoms with van der Waals surface area (Å²) in [5, 5.41) is 7.35. The summed E-state index contributed by atoms with van der Waals surface area (Å²) in [7, 11) is 1.77. The summed E-state index contributed by atoms with van der Waals surface area (Å²) in [6, 6.07) is 5.38. The summed E-state index contributed by atoms with van der Waals surface area (Å²) in [5.74, 6) is -0.191. The molecule has 88 valence electrons. The molecule has 0 saturated carbocycles. The van der Waals surface area contributed by atoms with Gasteiger partial charge in [-0.1, -0.05) is 17.7 Å². The first-order valence-corrected chi connectivity index (χ1v) is 5.50. The molecule has 1 amide bonds. The van der Waals surface area contributed by atoms with E-state index in [9.17, 15) is 4.79 Å². The highest BCUT2D eigenvalue weighted by Gasteiger charge is 2.09. The van der Waals surface area contributed by atoms with E-state index in [-0.39, 0.29) is 5.91 Å². The van der Waals surface area contributed by atoms with Gasteiger partial charge in [0.25, 0.3) is 5.91 Å². The number of rotatable bonds is 2. The molecule has 5 heteroatoms. The molecular weight excluding hydrogens is 238 g/mol. The van der Waals surface area contributed by atoms with Gasteiger partial charge in [-0.15, -0.1) is 0 Å². The number of nitrogens with zero attached hydrogens (tertiary/aromatic N) is 2. The molecule has 4 nitrogen and oxygen atoms in total. The fourth-order valence-electron chi connectivity index (χ4n) is 1.46. The number of benzene rings is 1. The van der Waals surface area contributed by atoms with Crippen LogP contribution in [0.4, 0.5) is 5.69 Å². The molecule has 1 aromatic carbocycles. The van der Waals surface area contributed by atoms with Crippen molar-refractivity contribution < 1.29 is 4.79 Å². The van der Waals surface area contributed by atoms with Crippen LogP contribution in [0.15, 0.2) is 30.6 Å². The van der Waals surface area contributed by atoms with Gasteiger partial charge >= 0.3 is 0 Å². The lowest BCUT2D eigenvalue weighted by Gasteiger charge is -2.07. The van der Waals surface area contributed by atoms with Crippen LogP contribution >= 0.6 is 11.6 Å². The van der Waals surface area contributed by atoms with Crippen LogP contribution in [0.2, 0.25) is 5.02 Å². The summed E-state index contributed by atoms with van der Waals surface area (Å²) in [4.78, 5) is 11.9. The van der Waals surface area contributed by atoms with Gasteiger partial charge in [-0.25, -0.2) is 0 Å². The Labute approximate surface area is 104 Å². The fraction of sp³-hybridized carbons (Fsp3) is 0.167. The molecule has 0 aliphatic heterocycles. The van der Waals surface area contributed by atoms with Crippen molar-refractivity contribution in [1.29, 1.82) is 0 Å². The summed E-state index contributed by atoms with van der Waals surface area (Å²) in [5.41, 5.74) is 2.20. The van der Waals surface area contributed by atoms with E-state index >= 15 is 0 Å². The van der Waals surface area contributed by atoms with Gasteiger partial charge in [-0.2, -0.15) is 5.10 Å². The Hall–Kier alpha value is -1.81. The van der Waals surface area contributed by atoms with E-state index in [2.05, 4.69) is 10.4 Å². The number of aryl methyl sites for hydroxylation is 2. The fourth-order valence-corrected chi connectivity index (χ4v) is 1.63. The van der Waals surface area contributed by atoms with Crippen LogP contribution in [0, 0.1) is 6.92 Å². The largest absolute Gasteiger partial charge is 0.322 e. The summed E-state index contributed by atoms with van der Waals surface area (Å²) in [6.45, 7) is 1.91. The zero-order chi connectivity index (χ0) is 12.4. The lowest BCUT2D eigenvalue weighted by molar-refractivity contribution is 0.102. The number of hydrogen-bond donors (Lipinski definition) is 1. The highest BCUT2D eigenvalue weighted by Crippen LogP contribution is 2.20. The second-order valence-corrected chi connectivity index (χ2v) is 4.25. The molecule has 1 aromatic heterocycles. The number of hydrogen-bond acceptors (Lipinski definition) is 2. The second kappa shape index (κ2) is 4.59. The van der Waals surface area contributed by atoms with E-state index < -0.39 is 0 Å². The van der Waals surface area contributed by atoms with Gasteiger partial charge in [0, 0.05) is 24.0 Å². The van der Waals surface area contributed by atoms with Crippen LogP contribution < -0.4 is 5.32 Å². The molecule has 2 rings (SSSR count). The summed E-state index contributed by atoms with van der Waals surface area (Å²) >= 11 is 5.88. The number of nitrogens with one attached hydrogen (secondary N) is 1. The van der Waals surface area contributed by atoms with E-state index in [0.717, 1.165) is 5.56 Å². The van der Waals surface area contributed by atoms with Gasteiger partial charge in [-0.05, 0) is 24.6 Å². The number of carbonyl (C=O) groups excluding carboxylic acids is 1. The van der Waals surface area contributed by atoms with Crippen molar-refractivity contribution in [3.05, 3.63) is 46.7 Å². The van der Waals surface area contributed by atoms with E-state index in [1.54, 1.807) is 30.1 Å². The molecule has 1 N–H and O–H groups in total. The Morgan fingerprint density at radius 1 is 1.47 bits per heavy atom. The van der Waals surface area contributed by atoms with Gasteiger partial charge in [0.15, 0.2) is 0 Å². The molecule has 1 heterocycles. The van der Waals surface area contributed by atoms with E-state index in [1.807, 2.05) is 13.0 Å². The molecule has 0 bridgehead atoms. The quantitative estimate of drug-likeness (QED) is 0.889. The zero-order valence-electron chi connectivity index (χ0n) is 9.57. The number of halogens is 1. The van der Waals surface area contributed by atoms with E-state index in [0.29, 0.717) is 16.3 Å². The molecule has 0 atom stereocenters. The van der Waals surface area contributed by atoms with Crippen molar-refractivity contribution in [1.82, 2.24) is 9.78 Å². The monoisotopic (exact) mass is 249 g/mol. The zero-order valence-corrected chi connectivity index (χ0v) is 10.3. The minimum Gasteiger partial charge on any atom is -0.322 e. The second-order valence-electron chi connectivity index (χ2n) is 3.82. The van der Waals surface area contributed by atoms with Crippen molar-refractivity contribution in [3.63, 3.8) is 0 Å². The smallest absolute Gasteiger partial charge is 0.258 e. The number of aromatic nitrogens is 2. The number of anilines is 1. The SMILES string of the molecule is Cc1ccc(Cl)cc1NC(=O)c1cnn(C)c1. The topological polar surface area (TPSA) is 46.9 Å². The van der Waals surface area contributed by atoms with E-state index in [4.69, 9.17) is 11.6 Å². The molecule has 0 aliphatic rings. The summed E-state index contributed by atoms with van der Waals surface area (Å²) in [6.07, 6.45) is 3.18. The predicted octanol–water partition coefficient (Wildman–Crippen LogP) is 2.63. The van der Waals surface area contributed by atoms with Gasteiger partial charge in [0.05, 0.1) is 11.8 Å². The lowest BCUT2D eigenvalue weighted by Crippen LogP contribution is -2.12. The third kappa shape index (κ3) is 2.65. The van der Waals surface area contributed by atoms with Crippen LogP contribution in [0.25, 0.3) is 0 Å². The molecule has 17 heavy (non-hydrogen) atoms. The van der Waals surface area contributed by atoms with Crippen molar-refractivity contribution in [3.8, 4) is 0 Å². The number of amides is 1. The predicted molar refractivity (Wildman–Crippen MR) is 67.4 cm³/mol. The maximum Gasteiger partial charge on any atom is 0.258 e. The van der Waals surface area contributed by atoms with Gasteiger partial charge in [0.2, 0.25) is 0 Å². The van der Waals surface area contributed by atoms with E-state index in [1.165, 1.54) is 6.20 Å². The molecular formula is C12H12ClN3O.